The van der Waals surface area contributed by atoms with Gasteiger partial charge < -0.3 is 10.3 Å². The summed E-state index contributed by atoms with van der Waals surface area (Å²) in [7, 11) is 0. The van der Waals surface area contributed by atoms with Crippen LogP contribution in [0.3, 0.4) is 0 Å². The standard InChI is InChI=1S/C22H16F3N5O4/c23-22(24,25)21-26-16-8-6-14(10-17(16)27-21)20(13-4-2-1-3-5-13)28-18(31)12-29-11-15(30(33)34)7-9-19(29)32/h1-11,20H,12H2,(H,26,27)(H,28,31). The number of aromatic amines is 1. The van der Waals surface area contributed by atoms with Gasteiger partial charge in [-0.3, -0.25) is 24.3 Å². The SMILES string of the molecule is O=C(Cn1cc([N+](=O)[O-])ccc1=O)NC(c1ccccc1)c1ccc2nc(C(F)(F)F)[nH]c2c1. The summed E-state index contributed by atoms with van der Waals surface area (Å²) in [5.41, 5.74) is 0.396. The third-order valence-corrected chi connectivity index (χ3v) is 5.04. The number of carbonyl (C=O) groups is 1. The predicted molar refractivity (Wildman–Crippen MR) is 115 cm³/mol. The highest BCUT2D eigenvalue weighted by molar-refractivity contribution is 5.79. The Hall–Kier alpha value is -4.48. The Balaban J connectivity index is 1.67. The number of alkyl halides is 3. The van der Waals surface area contributed by atoms with Gasteiger partial charge in [0.25, 0.3) is 11.2 Å². The quantitative estimate of drug-likeness (QED) is 0.329. The number of hydrogen-bond acceptors (Lipinski definition) is 5. The van der Waals surface area contributed by atoms with Gasteiger partial charge in [-0.05, 0) is 23.3 Å². The number of fused-ring (bicyclic) bond motifs is 1. The van der Waals surface area contributed by atoms with Crippen LogP contribution in [0.5, 0.6) is 0 Å². The number of imidazole rings is 1. The van der Waals surface area contributed by atoms with Crippen molar-refractivity contribution in [1.29, 1.82) is 0 Å². The molecule has 0 aliphatic carbocycles. The van der Waals surface area contributed by atoms with Crippen LogP contribution in [0.25, 0.3) is 11.0 Å². The number of nitrogens with zero attached hydrogens (tertiary/aromatic N) is 3. The lowest BCUT2D eigenvalue weighted by molar-refractivity contribution is -0.385. The second-order valence-electron chi connectivity index (χ2n) is 7.38. The summed E-state index contributed by atoms with van der Waals surface area (Å²) < 4.78 is 40.0. The molecular weight excluding hydrogens is 455 g/mol. The maximum absolute atomic E-state index is 13.0. The van der Waals surface area contributed by atoms with Crippen LogP contribution in [0.1, 0.15) is 23.0 Å². The molecule has 9 nitrogen and oxygen atoms in total. The first kappa shape index (κ1) is 22.7. The van der Waals surface area contributed by atoms with E-state index >= 15 is 0 Å². The molecule has 0 saturated carbocycles. The van der Waals surface area contributed by atoms with E-state index in [4.69, 9.17) is 0 Å². The number of benzene rings is 2. The zero-order valence-corrected chi connectivity index (χ0v) is 17.2. The number of amides is 1. The number of H-pyrrole nitrogens is 1. The van der Waals surface area contributed by atoms with E-state index in [0.29, 0.717) is 11.1 Å². The number of aromatic nitrogens is 3. The molecule has 0 saturated heterocycles. The summed E-state index contributed by atoms with van der Waals surface area (Å²) >= 11 is 0. The fourth-order valence-electron chi connectivity index (χ4n) is 3.46. The van der Waals surface area contributed by atoms with Crippen LogP contribution in [0.4, 0.5) is 18.9 Å². The summed E-state index contributed by atoms with van der Waals surface area (Å²) in [5.74, 6) is -1.76. The molecule has 2 aromatic heterocycles. The van der Waals surface area contributed by atoms with E-state index in [9.17, 15) is 32.9 Å². The largest absolute Gasteiger partial charge is 0.449 e. The molecule has 4 rings (SSSR count). The van der Waals surface area contributed by atoms with Gasteiger partial charge in [-0.15, -0.1) is 0 Å². The van der Waals surface area contributed by atoms with Crippen LogP contribution in [-0.2, 0) is 17.5 Å². The van der Waals surface area contributed by atoms with E-state index < -0.39 is 41.0 Å². The molecule has 1 unspecified atom stereocenters. The van der Waals surface area contributed by atoms with E-state index in [1.165, 1.54) is 12.1 Å². The second-order valence-corrected chi connectivity index (χ2v) is 7.38. The Morgan fingerprint density at radius 3 is 2.53 bits per heavy atom. The first-order valence-electron chi connectivity index (χ1n) is 9.88. The van der Waals surface area contributed by atoms with Crippen molar-refractivity contribution in [3.8, 4) is 0 Å². The van der Waals surface area contributed by atoms with Crippen molar-refractivity contribution in [2.45, 2.75) is 18.8 Å². The van der Waals surface area contributed by atoms with Gasteiger partial charge in [0.05, 0.1) is 28.2 Å². The van der Waals surface area contributed by atoms with Gasteiger partial charge in [-0.1, -0.05) is 36.4 Å². The fourth-order valence-corrected chi connectivity index (χ4v) is 3.46. The Morgan fingerprint density at radius 1 is 1.12 bits per heavy atom. The normalized spacial score (nSPS) is 12.4. The maximum Gasteiger partial charge on any atom is 0.449 e. The van der Waals surface area contributed by atoms with Crippen LogP contribution < -0.4 is 10.9 Å². The Morgan fingerprint density at radius 2 is 1.85 bits per heavy atom. The van der Waals surface area contributed by atoms with Crippen molar-refractivity contribution in [2.24, 2.45) is 0 Å². The number of nitro groups is 1. The highest BCUT2D eigenvalue weighted by Gasteiger charge is 2.34. The van der Waals surface area contributed by atoms with Crippen LogP contribution in [-0.4, -0.2) is 25.4 Å². The molecule has 0 radical (unpaired) electrons. The number of rotatable bonds is 6. The average Bonchev–Trinajstić information content (AvgIpc) is 3.23. The molecule has 12 heteroatoms. The summed E-state index contributed by atoms with van der Waals surface area (Å²) in [6, 6.07) is 14.3. The highest BCUT2D eigenvalue weighted by Crippen LogP contribution is 2.30. The Labute approximate surface area is 189 Å². The molecule has 2 aromatic carbocycles. The third-order valence-electron chi connectivity index (χ3n) is 5.04. The fraction of sp³-hybridized carbons (Fsp3) is 0.136. The lowest BCUT2D eigenvalue weighted by Gasteiger charge is -2.20. The van der Waals surface area contributed by atoms with Gasteiger partial charge in [0.2, 0.25) is 11.7 Å². The minimum Gasteiger partial charge on any atom is -0.344 e. The van der Waals surface area contributed by atoms with Crippen LogP contribution >= 0.6 is 0 Å². The first-order valence-corrected chi connectivity index (χ1v) is 9.88. The Bertz CT molecular complexity index is 1430. The van der Waals surface area contributed by atoms with Crippen molar-refractivity contribution in [3.05, 3.63) is 104 Å². The zero-order chi connectivity index (χ0) is 24.5. The molecule has 0 aliphatic heterocycles. The predicted octanol–water partition coefficient (Wildman–Crippen LogP) is 3.56. The number of pyridine rings is 1. The van der Waals surface area contributed by atoms with Crippen molar-refractivity contribution < 1.29 is 22.9 Å². The lowest BCUT2D eigenvalue weighted by atomic mass is 9.98. The molecule has 2 heterocycles. The monoisotopic (exact) mass is 471 g/mol. The van der Waals surface area contributed by atoms with Crippen LogP contribution in [0.2, 0.25) is 0 Å². The molecule has 0 aliphatic rings. The van der Waals surface area contributed by atoms with Crippen molar-refractivity contribution >= 4 is 22.6 Å². The van der Waals surface area contributed by atoms with Gasteiger partial charge >= 0.3 is 6.18 Å². The van der Waals surface area contributed by atoms with Gasteiger partial charge in [0.15, 0.2) is 0 Å². The van der Waals surface area contributed by atoms with Crippen LogP contribution in [0.15, 0.2) is 71.7 Å². The van der Waals surface area contributed by atoms with E-state index in [1.807, 2.05) is 0 Å². The van der Waals surface area contributed by atoms with Crippen molar-refractivity contribution in [1.82, 2.24) is 19.9 Å². The third kappa shape index (κ3) is 4.80. The Kier molecular flexibility index (Phi) is 5.88. The molecule has 0 bridgehead atoms. The molecule has 34 heavy (non-hydrogen) atoms. The number of nitrogens with one attached hydrogen (secondary N) is 2. The van der Waals surface area contributed by atoms with Crippen LogP contribution in [0, 0.1) is 10.1 Å². The molecule has 0 spiro atoms. The van der Waals surface area contributed by atoms with E-state index in [-0.39, 0.29) is 16.7 Å². The van der Waals surface area contributed by atoms with Gasteiger partial charge in [0, 0.05) is 12.1 Å². The average molecular weight is 471 g/mol. The molecule has 2 N–H and O–H groups in total. The topological polar surface area (TPSA) is 123 Å². The molecule has 1 atom stereocenters. The van der Waals surface area contributed by atoms with Gasteiger partial charge in [0.1, 0.15) is 6.54 Å². The molecule has 1 amide bonds. The molecule has 0 fully saturated rings. The number of carbonyl (C=O) groups excluding carboxylic acids is 1. The zero-order valence-electron chi connectivity index (χ0n) is 17.2. The lowest BCUT2D eigenvalue weighted by Crippen LogP contribution is -2.35. The first-order chi connectivity index (χ1) is 16.1. The smallest absolute Gasteiger partial charge is 0.344 e. The van der Waals surface area contributed by atoms with E-state index in [1.54, 1.807) is 36.4 Å². The summed E-state index contributed by atoms with van der Waals surface area (Å²) in [6.07, 6.45) is -3.67. The summed E-state index contributed by atoms with van der Waals surface area (Å²) in [6.45, 7) is -0.492. The summed E-state index contributed by atoms with van der Waals surface area (Å²) in [4.78, 5) is 40.9. The molecule has 4 aromatic rings. The van der Waals surface area contributed by atoms with Crippen molar-refractivity contribution in [2.75, 3.05) is 0 Å². The summed E-state index contributed by atoms with van der Waals surface area (Å²) in [5, 5.41) is 13.7. The van der Waals surface area contributed by atoms with E-state index in [2.05, 4.69) is 15.3 Å². The van der Waals surface area contributed by atoms with Crippen molar-refractivity contribution in [3.63, 3.8) is 0 Å². The number of hydrogen-bond donors (Lipinski definition) is 2. The minimum absolute atomic E-state index is 0.109. The van der Waals surface area contributed by atoms with Gasteiger partial charge in [-0.2, -0.15) is 13.2 Å². The maximum atomic E-state index is 13.0. The minimum atomic E-state index is -4.64. The van der Waals surface area contributed by atoms with Gasteiger partial charge in [-0.25, -0.2) is 4.98 Å². The van der Waals surface area contributed by atoms with E-state index in [0.717, 1.165) is 22.9 Å². The highest BCUT2D eigenvalue weighted by atomic mass is 19.4. The number of halogens is 3. The molecular formula is C22H16F3N5O4. The second kappa shape index (κ2) is 8.81. The molecule has 174 valence electrons.